The van der Waals surface area contributed by atoms with Gasteiger partial charge in [-0.05, 0) is 31.6 Å². The molecule has 0 spiro atoms. The van der Waals surface area contributed by atoms with Gasteiger partial charge in [0.15, 0.2) is 0 Å². The molecule has 0 atom stereocenters. The van der Waals surface area contributed by atoms with Crippen LogP contribution < -0.4 is 10.6 Å². The number of halogens is 1. The zero-order valence-electron chi connectivity index (χ0n) is 17.0. The number of rotatable bonds is 9. The van der Waals surface area contributed by atoms with Crippen molar-refractivity contribution in [3.8, 4) is 0 Å². The Hall–Kier alpha value is -2.58. The average molecular weight is 416 g/mol. The van der Waals surface area contributed by atoms with Gasteiger partial charge in [0.05, 0.1) is 10.3 Å². The van der Waals surface area contributed by atoms with Gasteiger partial charge in [0.1, 0.15) is 22.8 Å². The van der Waals surface area contributed by atoms with Gasteiger partial charge in [-0.1, -0.05) is 32.0 Å². The fraction of sp³-hybridized carbons (Fsp3) is 0.381. The molecule has 3 aromatic rings. The van der Waals surface area contributed by atoms with Crippen LogP contribution in [0, 0.1) is 12.7 Å². The third-order valence-corrected chi connectivity index (χ3v) is 6.14. The molecule has 0 aliphatic carbocycles. The van der Waals surface area contributed by atoms with Crippen molar-refractivity contribution in [2.24, 2.45) is 0 Å². The quantitative estimate of drug-likeness (QED) is 0.556. The summed E-state index contributed by atoms with van der Waals surface area (Å²) >= 11 is 1.35. The van der Waals surface area contributed by atoms with Crippen molar-refractivity contribution in [3.63, 3.8) is 0 Å². The van der Waals surface area contributed by atoms with Crippen LogP contribution >= 0.6 is 11.3 Å². The van der Waals surface area contributed by atoms with Gasteiger partial charge in [0, 0.05) is 25.2 Å². The molecule has 0 unspecified atom stereocenters. The summed E-state index contributed by atoms with van der Waals surface area (Å²) < 4.78 is 13.9. The molecule has 0 fully saturated rings. The fourth-order valence-corrected chi connectivity index (χ4v) is 4.26. The number of amides is 1. The van der Waals surface area contributed by atoms with E-state index in [-0.39, 0.29) is 11.7 Å². The molecule has 2 aromatic heterocycles. The van der Waals surface area contributed by atoms with E-state index in [4.69, 9.17) is 0 Å². The Labute approximate surface area is 174 Å². The van der Waals surface area contributed by atoms with Gasteiger partial charge < -0.3 is 15.5 Å². The van der Waals surface area contributed by atoms with Gasteiger partial charge in [0.2, 0.25) is 0 Å². The Balaban J connectivity index is 1.76. The van der Waals surface area contributed by atoms with E-state index < -0.39 is 0 Å². The lowest BCUT2D eigenvalue weighted by Crippen LogP contribution is -2.34. The van der Waals surface area contributed by atoms with Crippen molar-refractivity contribution in [1.82, 2.24) is 20.2 Å². The summed E-state index contributed by atoms with van der Waals surface area (Å²) in [6.07, 6.45) is 1.46. The predicted molar refractivity (Wildman–Crippen MR) is 116 cm³/mol. The van der Waals surface area contributed by atoms with E-state index in [0.29, 0.717) is 29.3 Å². The maximum atomic E-state index is 13.9. The van der Waals surface area contributed by atoms with Crippen molar-refractivity contribution in [2.75, 3.05) is 31.5 Å². The lowest BCUT2D eigenvalue weighted by Gasteiger charge is -2.17. The summed E-state index contributed by atoms with van der Waals surface area (Å²) in [7, 11) is 0. The number of benzene rings is 1. The lowest BCUT2D eigenvalue weighted by molar-refractivity contribution is 0.0952. The largest absolute Gasteiger partial charge is 0.365 e. The second-order valence-corrected chi connectivity index (χ2v) is 7.69. The van der Waals surface area contributed by atoms with Crippen LogP contribution in [0.4, 0.5) is 10.2 Å². The number of likely N-dealkylation sites (N-methyl/N-ethyl adjacent to an activating group) is 1. The molecular formula is C21H26FN5OS. The number of hydrogen-bond acceptors (Lipinski definition) is 6. The number of nitrogens with one attached hydrogen (secondary N) is 2. The van der Waals surface area contributed by atoms with E-state index in [0.717, 1.165) is 35.4 Å². The molecule has 0 radical (unpaired) electrons. The van der Waals surface area contributed by atoms with Crippen molar-refractivity contribution in [3.05, 3.63) is 52.4 Å². The van der Waals surface area contributed by atoms with Gasteiger partial charge in [-0.3, -0.25) is 4.79 Å². The molecule has 0 aliphatic rings. The minimum atomic E-state index is -0.263. The van der Waals surface area contributed by atoms with Crippen molar-refractivity contribution >= 4 is 33.3 Å². The summed E-state index contributed by atoms with van der Waals surface area (Å²) in [6, 6.07) is 6.63. The zero-order valence-corrected chi connectivity index (χ0v) is 17.8. The smallest absolute Gasteiger partial charge is 0.261 e. The maximum absolute atomic E-state index is 13.9. The third kappa shape index (κ3) is 4.89. The first-order chi connectivity index (χ1) is 14.0. The number of hydrogen-bond donors (Lipinski definition) is 2. The van der Waals surface area contributed by atoms with Gasteiger partial charge >= 0.3 is 0 Å². The molecule has 0 aliphatic heterocycles. The number of carbonyl (C=O) groups is 1. The fourth-order valence-electron chi connectivity index (χ4n) is 3.19. The molecule has 154 valence electrons. The van der Waals surface area contributed by atoms with Crippen LogP contribution in [0.2, 0.25) is 0 Å². The number of carbonyl (C=O) groups excluding carboxylic acids is 1. The van der Waals surface area contributed by atoms with Crippen molar-refractivity contribution < 1.29 is 9.18 Å². The first kappa shape index (κ1) is 21.1. The molecule has 1 aromatic carbocycles. The third-order valence-electron chi connectivity index (χ3n) is 4.95. The average Bonchev–Trinajstić information content (AvgIpc) is 3.08. The lowest BCUT2D eigenvalue weighted by atomic mass is 10.2. The molecule has 6 nitrogen and oxygen atoms in total. The first-order valence-electron chi connectivity index (χ1n) is 9.77. The number of nitrogens with zero attached hydrogens (tertiary/aromatic N) is 3. The Morgan fingerprint density at radius 3 is 2.69 bits per heavy atom. The van der Waals surface area contributed by atoms with E-state index >= 15 is 0 Å². The Kier molecular flexibility index (Phi) is 7.11. The van der Waals surface area contributed by atoms with E-state index in [2.05, 4.69) is 39.3 Å². The number of anilines is 1. The van der Waals surface area contributed by atoms with Gasteiger partial charge in [0.25, 0.3) is 5.91 Å². The summed E-state index contributed by atoms with van der Waals surface area (Å²) in [5, 5.41) is 6.99. The van der Waals surface area contributed by atoms with E-state index in [1.807, 2.05) is 6.92 Å². The second kappa shape index (κ2) is 9.76. The molecule has 0 saturated carbocycles. The molecule has 0 saturated heterocycles. The Bertz CT molecular complexity index is 986. The molecule has 29 heavy (non-hydrogen) atoms. The van der Waals surface area contributed by atoms with Crippen LogP contribution in [0.5, 0.6) is 0 Å². The SMILES string of the molecule is CCN(CC)CCNC(=O)c1sc2ncnc(NCc3ccccc3F)c2c1C. The summed E-state index contributed by atoms with van der Waals surface area (Å²) in [5.41, 5.74) is 1.39. The van der Waals surface area contributed by atoms with Crippen LogP contribution in [0.15, 0.2) is 30.6 Å². The minimum Gasteiger partial charge on any atom is -0.365 e. The van der Waals surface area contributed by atoms with E-state index in [1.165, 1.54) is 23.7 Å². The molecule has 2 heterocycles. The predicted octanol–water partition coefficient (Wildman–Crippen LogP) is 3.82. The monoisotopic (exact) mass is 415 g/mol. The van der Waals surface area contributed by atoms with Gasteiger partial charge in [-0.2, -0.15) is 0 Å². The molecule has 8 heteroatoms. The van der Waals surface area contributed by atoms with Gasteiger partial charge in [-0.25, -0.2) is 14.4 Å². The van der Waals surface area contributed by atoms with Crippen molar-refractivity contribution in [1.29, 1.82) is 0 Å². The highest BCUT2D eigenvalue weighted by molar-refractivity contribution is 7.20. The Morgan fingerprint density at radius 2 is 1.97 bits per heavy atom. The van der Waals surface area contributed by atoms with Crippen LogP contribution in [-0.4, -0.2) is 47.0 Å². The van der Waals surface area contributed by atoms with Crippen LogP contribution in [0.25, 0.3) is 10.2 Å². The summed E-state index contributed by atoms with van der Waals surface area (Å²) in [4.78, 5) is 25.0. The molecular weight excluding hydrogens is 389 g/mol. The highest BCUT2D eigenvalue weighted by atomic mass is 32.1. The van der Waals surface area contributed by atoms with Crippen LogP contribution in [0.3, 0.4) is 0 Å². The van der Waals surface area contributed by atoms with Gasteiger partial charge in [-0.15, -0.1) is 11.3 Å². The van der Waals surface area contributed by atoms with E-state index in [1.54, 1.807) is 18.2 Å². The first-order valence-corrected chi connectivity index (χ1v) is 10.6. The maximum Gasteiger partial charge on any atom is 0.261 e. The highest BCUT2D eigenvalue weighted by Gasteiger charge is 2.19. The summed E-state index contributed by atoms with van der Waals surface area (Å²) in [5.74, 6) is 0.243. The second-order valence-electron chi connectivity index (χ2n) is 6.69. The highest BCUT2D eigenvalue weighted by Crippen LogP contribution is 2.33. The van der Waals surface area contributed by atoms with Crippen LogP contribution in [-0.2, 0) is 6.54 Å². The number of aromatic nitrogens is 2. The van der Waals surface area contributed by atoms with Crippen LogP contribution in [0.1, 0.15) is 34.6 Å². The standard InChI is InChI=1S/C21H26FN5OS/c1-4-27(5-2)11-10-23-20(28)18-14(3)17-19(25-13-26-21(17)29-18)24-12-15-8-6-7-9-16(15)22/h6-9,13H,4-5,10-12H2,1-3H3,(H,23,28)(H,24,25,26). The van der Waals surface area contributed by atoms with E-state index in [9.17, 15) is 9.18 Å². The molecule has 3 rings (SSSR count). The zero-order chi connectivity index (χ0) is 20.8. The number of aryl methyl sites for hydroxylation is 1. The molecule has 1 amide bonds. The summed E-state index contributed by atoms with van der Waals surface area (Å²) in [6.45, 7) is 9.75. The Morgan fingerprint density at radius 1 is 1.21 bits per heavy atom. The molecule has 2 N–H and O–H groups in total. The topological polar surface area (TPSA) is 70.2 Å². The minimum absolute atomic E-state index is 0.0993. The number of fused-ring (bicyclic) bond motifs is 1. The van der Waals surface area contributed by atoms with Crippen molar-refractivity contribution in [2.45, 2.75) is 27.3 Å². The normalized spacial score (nSPS) is 11.2. The number of thiophene rings is 1. The molecule has 0 bridgehead atoms.